The van der Waals surface area contributed by atoms with Gasteiger partial charge in [-0.25, -0.2) is 4.98 Å². The summed E-state index contributed by atoms with van der Waals surface area (Å²) in [5, 5.41) is 6.41. The van der Waals surface area contributed by atoms with Gasteiger partial charge in [0.15, 0.2) is 0 Å². The lowest BCUT2D eigenvalue weighted by Gasteiger charge is -2.12. The fourth-order valence-corrected chi connectivity index (χ4v) is 2.33. The number of carbonyl (C=O) groups excluding carboxylic acids is 1. The fourth-order valence-electron chi connectivity index (χ4n) is 1.97. The van der Waals surface area contributed by atoms with Gasteiger partial charge in [0.05, 0.1) is 17.2 Å². The number of hydrogen-bond donors (Lipinski definition) is 2. The van der Waals surface area contributed by atoms with E-state index in [-0.39, 0.29) is 36.3 Å². The standard InChI is InChI=1S/C15H19BrN4O2.ClH/c1-10(17-2)8-18-14(21)5-6-20-9-19-13-4-3-11(16)7-12(13)15(20)22;/h3-4,7,9-10,17H,5-6,8H2,1-2H3,(H,18,21);1H. The molecule has 8 heteroatoms. The molecule has 0 saturated carbocycles. The lowest BCUT2D eigenvalue weighted by atomic mass is 10.2. The van der Waals surface area contributed by atoms with Crippen LogP contribution in [0.5, 0.6) is 0 Å². The summed E-state index contributed by atoms with van der Waals surface area (Å²) in [6.07, 6.45) is 1.74. The second-order valence-electron chi connectivity index (χ2n) is 5.15. The molecule has 0 aliphatic heterocycles. The first-order chi connectivity index (χ1) is 10.5. The zero-order valence-corrected chi connectivity index (χ0v) is 15.4. The van der Waals surface area contributed by atoms with Crippen LogP contribution in [0.25, 0.3) is 10.9 Å². The molecule has 23 heavy (non-hydrogen) atoms. The predicted octanol–water partition coefficient (Wildman–Crippen LogP) is 1.70. The number of aromatic nitrogens is 2. The number of fused-ring (bicyclic) bond motifs is 1. The summed E-state index contributed by atoms with van der Waals surface area (Å²) in [6, 6.07) is 5.59. The van der Waals surface area contributed by atoms with E-state index in [1.165, 1.54) is 10.9 Å². The van der Waals surface area contributed by atoms with Crippen molar-refractivity contribution in [3.63, 3.8) is 0 Å². The van der Waals surface area contributed by atoms with Crippen molar-refractivity contribution in [1.29, 1.82) is 0 Å². The highest BCUT2D eigenvalue weighted by molar-refractivity contribution is 9.10. The monoisotopic (exact) mass is 402 g/mol. The molecule has 1 heterocycles. The Balaban J connectivity index is 0.00000264. The zero-order valence-electron chi connectivity index (χ0n) is 13.0. The molecule has 1 aromatic heterocycles. The number of rotatable bonds is 6. The van der Waals surface area contributed by atoms with Crippen LogP contribution >= 0.6 is 28.3 Å². The van der Waals surface area contributed by atoms with E-state index in [9.17, 15) is 9.59 Å². The van der Waals surface area contributed by atoms with E-state index in [2.05, 4.69) is 31.5 Å². The SMILES string of the molecule is CNC(C)CNC(=O)CCn1cnc2ccc(Br)cc2c1=O.Cl. The van der Waals surface area contributed by atoms with Crippen molar-refractivity contribution >= 4 is 45.1 Å². The number of nitrogens with zero attached hydrogens (tertiary/aromatic N) is 2. The smallest absolute Gasteiger partial charge is 0.261 e. The van der Waals surface area contributed by atoms with E-state index < -0.39 is 0 Å². The summed E-state index contributed by atoms with van der Waals surface area (Å²) < 4.78 is 2.30. The molecule has 0 fully saturated rings. The first-order valence-electron chi connectivity index (χ1n) is 7.10. The molecule has 0 spiro atoms. The van der Waals surface area contributed by atoms with Gasteiger partial charge in [0.2, 0.25) is 5.91 Å². The molecule has 6 nitrogen and oxygen atoms in total. The lowest BCUT2D eigenvalue weighted by molar-refractivity contribution is -0.121. The summed E-state index contributed by atoms with van der Waals surface area (Å²) in [6.45, 7) is 2.86. The molecule has 0 radical (unpaired) electrons. The third-order valence-electron chi connectivity index (χ3n) is 3.46. The average Bonchev–Trinajstić information content (AvgIpc) is 2.52. The van der Waals surface area contributed by atoms with Crippen molar-refractivity contribution in [2.75, 3.05) is 13.6 Å². The van der Waals surface area contributed by atoms with Gasteiger partial charge in [0.25, 0.3) is 5.56 Å². The molecule has 0 bridgehead atoms. The highest BCUT2D eigenvalue weighted by Crippen LogP contribution is 2.14. The minimum Gasteiger partial charge on any atom is -0.354 e. The summed E-state index contributed by atoms with van der Waals surface area (Å²) in [5.74, 6) is -0.0802. The van der Waals surface area contributed by atoms with Gasteiger partial charge in [-0.3, -0.25) is 14.2 Å². The lowest BCUT2D eigenvalue weighted by Crippen LogP contribution is -2.37. The van der Waals surface area contributed by atoms with Crippen LogP contribution in [0.1, 0.15) is 13.3 Å². The molecule has 1 unspecified atom stereocenters. The maximum absolute atomic E-state index is 12.4. The molecule has 126 valence electrons. The van der Waals surface area contributed by atoms with Crippen molar-refractivity contribution in [2.24, 2.45) is 0 Å². The number of aryl methyl sites for hydroxylation is 1. The van der Waals surface area contributed by atoms with E-state index in [1.807, 2.05) is 20.0 Å². The second kappa shape index (κ2) is 9.00. The van der Waals surface area contributed by atoms with Gasteiger partial charge in [0.1, 0.15) is 0 Å². The molecule has 1 amide bonds. The van der Waals surface area contributed by atoms with Gasteiger partial charge in [-0.1, -0.05) is 15.9 Å². The van der Waals surface area contributed by atoms with Gasteiger partial charge in [0, 0.05) is 30.0 Å². The van der Waals surface area contributed by atoms with Gasteiger partial charge in [-0.15, -0.1) is 12.4 Å². The summed E-state index contributed by atoms with van der Waals surface area (Å²) >= 11 is 3.35. The normalized spacial score (nSPS) is 11.8. The van der Waals surface area contributed by atoms with Crippen molar-refractivity contribution in [2.45, 2.75) is 25.9 Å². The van der Waals surface area contributed by atoms with Crippen molar-refractivity contribution in [3.05, 3.63) is 39.4 Å². The molecular weight excluding hydrogens is 384 g/mol. The van der Waals surface area contributed by atoms with E-state index in [0.717, 1.165) is 4.47 Å². The molecule has 2 aromatic rings. The van der Waals surface area contributed by atoms with Gasteiger partial charge in [-0.05, 0) is 32.2 Å². The Morgan fingerprint density at radius 3 is 2.87 bits per heavy atom. The molecule has 0 saturated heterocycles. The van der Waals surface area contributed by atoms with Crippen LogP contribution in [-0.2, 0) is 11.3 Å². The molecule has 0 aliphatic carbocycles. The van der Waals surface area contributed by atoms with E-state index in [1.54, 1.807) is 12.1 Å². The Bertz CT molecular complexity index is 735. The van der Waals surface area contributed by atoms with E-state index >= 15 is 0 Å². The predicted molar refractivity (Wildman–Crippen MR) is 97.1 cm³/mol. The van der Waals surface area contributed by atoms with Crippen LogP contribution in [0.2, 0.25) is 0 Å². The van der Waals surface area contributed by atoms with Gasteiger partial charge < -0.3 is 10.6 Å². The Labute approximate surface area is 149 Å². The number of carbonyl (C=O) groups is 1. The summed E-state index contributed by atoms with van der Waals surface area (Å²) in [4.78, 5) is 28.4. The van der Waals surface area contributed by atoms with Gasteiger partial charge in [-0.2, -0.15) is 0 Å². The number of amides is 1. The fraction of sp³-hybridized carbons (Fsp3) is 0.400. The molecule has 2 N–H and O–H groups in total. The van der Waals surface area contributed by atoms with Crippen molar-refractivity contribution in [1.82, 2.24) is 20.2 Å². The third kappa shape index (κ3) is 5.30. The van der Waals surface area contributed by atoms with Crippen LogP contribution in [0.4, 0.5) is 0 Å². The zero-order chi connectivity index (χ0) is 16.1. The maximum atomic E-state index is 12.4. The van der Waals surface area contributed by atoms with Crippen LogP contribution in [0, 0.1) is 0 Å². The molecule has 1 aromatic carbocycles. The Hall–Kier alpha value is -1.44. The quantitative estimate of drug-likeness (QED) is 0.770. The average molecular weight is 404 g/mol. The number of hydrogen-bond acceptors (Lipinski definition) is 4. The largest absolute Gasteiger partial charge is 0.354 e. The minimum absolute atomic E-state index is 0. The highest BCUT2D eigenvalue weighted by Gasteiger charge is 2.08. The highest BCUT2D eigenvalue weighted by atomic mass is 79.9. The third-order valence-corrected chi connectivity index (χ3v) is 3.96. The topological polar surface area (TPSA) is 76.0 Å². The van der Waals surface area contributed by atoms with E-state index in [0.29, 0.717) is 24.0 Å². The first kappa shape index (κ1) is 19.6. The second-order valence-corrected chi connectivity index (χ2v) is 6.06. The number of benzene rings is 1. The Kier molecular flexibility index (Phi) is 7.67. The van der Waals surface area contributed by atoms with Crippen LogP contribution < -0.4 is 16.2 Å². The first-order valence-corrected chi connectivity index (χ1v) is 7.89. The number of nitrogens with one attached hydrogen (secondary N) is 2. The minimum atomic E-state index is -0.136. The molecular formula is C15H20BrClN4O2. The molecule has 0 aliphatic rings. The van der Waals surface area contributed by atoms with Crippen molar-refractivity contribution < 1.29 is 4.79 Å². The van der Waals surface area contributed by atoms with Crippen LogP contribution in [-0.4, -0.2) is 35.1 Å². The summed E-state index contributed by atoms with van der Waals surface area (Å²) in [5.41, 5.74) is 0.513. The van der Waals surface area contributed by atoms with Crippen LogP contribution in [0.3, 0.4) is 0 Å². The summed E-state index contributed by atoms with van der Waals surface area (Å²) in [7, 11) is 1.84. The van der Waals surface area contributed by atoms with E-state index in [4.69, 9.17) is 0 Å². The Morgan fingerprint density at radius 1 is 1.43 bits per heavy atom. The Morgan fingerprint density at radius 2 is 2.17 bits per heavy atom. The van der Waals surface area contributed by atoms with Gasteiger partial charge >= 0.3 is 0 Å². The van der Waals surface area contributed by atoms with Crippen molar-refractivity contribution in [3.8, 4) is 0 Å². The molecule has 1 atom stereocenters. The van der Waals surface area contributed by atoms with Crippen LogP contribution in [0.15, 0.2) is 33.8 Å². The maximum Gasteiger partial charge on any atom is 0.261 e. The number of likely N-dealkylation sites (N-methyl/N-ethyl adjacent to an activating group) is 1. The molecule has 2 rings (SSSR count). The number of halogens is 2.